The topological polar surface area (TPSA) is 65.2 Å². The molecule has 0 aliphatic carbocycles. The van der Waals surface area contributed by atoms with E-state index < -0.39 is 11.2 Å². The maximum absolute atomic E-state index is 9.61. The Bertz CT molecular complexity index is 245. The quantitative estimate of drug-likeness (QED) is 0.521. The fraction of sp³-hybridized carbons (Fsp3) is 0.875. The predicted molar refractivity (Wildman–Crippen MR) is 89.1 cm³/mol. The summed E-state index contributed by atoms with van der Waals surface area (Å²) in [6.45, 7) is 13.3. The number of nitrogens with zero attached hydrogens (tertiary/aromatic N) is 2. The van der Waals surface area contributed by atoms with E-state index in [9.17, 15) is 10.2 Å². The summed E-state index contributed by atoms with van der Waals surface area (Å²) >= 11 is 0. The maximum atomic E-state index is 9.61. The largest absolute Gasteiger partial charge is 0.384 e. The molecule has 0 unspecified atom stereocenters. The molecule has 131 valence electrons. The van der Waals surface area contributed by atoms with Gasteiger partial charge in [0, 0.05) is 42.6 Å². The van der Waals surface area contributed by atoms with Gasteiger partial charge in [-0.2, -0.15) is 0 Å². The first-order chi connectivity index (χ1) is 9.36. The number of aliphatic hydroxyl groups is 2. The van der Waals surface area contributed by atoms with E-state index >= 15 is 0 Å². The second-order valence-electron chi connectivity index (χ2n) is 4.88. The molecule has 0 aromatic rings. The Hall–Kier alpha value is -0.221. The molecule has 0 amide bonds. The van der Waals surface area contributed by atoms with Gasteiger partial charge in [-0.05, 0) is 39.5 Å². The molecule has 0 aromatic carbocycles. The minimum Gasteiger partial charge on any atom is -0.384 e. The van der Waals surface area contributed by atoms with Crippen molar-refractivity contribution in [2.24, 2.45) is 9.98 Å². The average molecular weight is 350 g/mol. The third kappa shape index (κ3) is 13.2. The van der Waals surface area contributed by atoms with Crippen LogP contribution in [0.5, 0.6) is 0 Å². The van der Waals surface area contributed by atoms with Crippen LogP contribution in [0, 0.1) is 0 Å². The predicted octanol–water partition coefficient (Wildman–Crippen LogP) is 3.25. The van der Waals surface area contributed by atoms with E-state index in [1.54, 1.807) is 12.4 Å². The Morgan fingerprint density at radius 1 is 0.667 bits per heavy atom. The molecule has 0 bridgehead atoms. The van der Waals surface area contributed by atoms with Crippen LogP contribution in [0.2, 0.25) is 0 Å². The van der Waals surface area contributed by atoms with E-state index in [0.717, 1.165) is 38.8 Å². The van der Waals surface area contributed by atoms with Crippen molar-refractivity contribution in [2.75, 3.05) is 13.1 Å². The van der Waals surface area contributed by atoms with Gasteiger partial charge >= 0.3 is 0 Å². The third-order valence-corrected chi connectivity index (χ3v) is 3.48. The molecule has 0 saturated heterocycles. The third-order valence-electron chi connectivity index (χ3n) is 3.48. The summed E-state index contributed by atoms with van der Waals surface area (Å²) in [5, 5.41) is 19.2. The molecule has 21 heavy (non-hydrogen) atoms. The fourth-order valence-corrected chi connectivity index (χ4v) is 1.39. The normalized spacial score (nSPS) is 12.2. The molecule has 0 aromatic heterocycles. The molecule has 4 nitrogen and oxygen atoms in total. The van der Waals surface area contributed by atoms with E-state index in [4.69, 9.17) is 0 Å². The summed E-state index contributed by atoms with van der Waals surface area (Å²) in [5.74, 6) is 0. The first-order valence-corrected chi connectivity index (χ1v) is 7.83. The van der Waals surface area contributed by atoms with Gasteiger partial charge in [-0.15, -0.1) is 0 Å². The van der Waals surface area contributed by atoms with E-state index in [2.05, 4.69) is 9.98 Å². The number of rotatable bonds is 8. The van der Waals surface area contributed by atoms with Crippen LogP contribution in [-0.2, 0) is 17.1 Å². The molecule has 1 radical (unpaired) electrons. The van der Waals surface area contributed by atoms with Gasteiger partial charge in [0.15, 0.2) is 0 Å². The van der Waals surface area contributed by atoms with Gasteiger partial charge in [0.05, 0.1) is 11.2 Å². The molecule has 5 heteroatoms. The van der Waals surface area contributed by atoms with Crippen LogP contribution >= 0.6 is 0 Å². The molecule has 0 aliphatic rings. The Morgan fingerprint density at radius 3 is 1.05 bits per heavy atom. The summed E-state index contributed by atoms with van der Waals surface area (Å²) in [7, 11) is 0. The zero-order chi connectivity index (χ0) is 16.1. The first-order valence-electron chi connectivity index (χ1n) is 7.83. The van der Waals surface area contributed by atoms with Gasteiger partial charge in [0.2, 0.25) is 0 Å². The fourth-order valence-electron chi connectivity index (χ4n) is 1.39. The van der Waals surface area contributed by atoms with E-state index in [1.807, 2.05) is 41.5 Å². The molecule has 0 saturated carbocycles. The summed E-state index contributed by atoms with van der Waals surface area (Å²) in [6, 6.07) is 0. The van der Waals surface area contributed by atoms with Gasteiger partial charge in [-0.1, -0.05) is 27.7 Å². The number of hydrogen-bond donors (Lipinski definition) is 2. The van der Waals surface area contributed by atoms with Crippen LogP contribution < -0.4 is 0 Å². The summed E-state index contributed by atoms with van der Waals surface area (Å²) in [5.41, 5.74) is -1.31. The van der Waals surface area contributed by atoms with E-state index in [0.29, 0.717) is 0 Å². The van der Waals surface area contributed by atoms with Crippen LogP contribution in [-0.4, -0.2) is 46.9 Å². The monoisotopic (exact) mass is 349 g/mol. The van der Waals surface area contributed by atoms with Crippen LogP contribution in [0.4, 0.5) is 0 Å². The van der Waals surface area contributed by atoms with Crippen LogP contribution in [0.25, 0.3) is 0 Å². The molecule has 0 atom stereocenters. The smallest absolute Gasteiger partial charge is 0.0987 e. The zero-order valence-electron chi connectivity index (χ0n) is 14.5. The van der Waals surface area contributed by atoms with Gasteiger partial charge in [-0.3, -0.25) is 9.98 Å². The van der Waals surface area contributed by atoms with Crippen molar-refractivity contribution in [3.8, 4) is 0 Å². The number of aliphatic imine (C=N–C) groups is 2. The van der Waals surface area contributed by atoms with Gasteiger partial charge in [-0.25, -0.2) is 0 Å². The Balaban J connectivity index is -0.000000295. The Kier molecular flexibility index (Phi) is 18.0. The zero-order valence-corrected chi connectivity index (χ0v) is 15.4. The van der Waals surface area contributed by atoms with Gasteiger partial charge < -0.3 is 10.2 Å². The van der Waals surface area contributed by atoms with Crippen molar-refractivity contribution in [1.82, 2.24) is 0 Å². The van der Waals surface area contributed by atoms with Crippen molar-refractivity contribution in [1.29, 1.82) is 0 Å². The van der Waals surface area contributed by atoms with Crippen molar-refractivity contribution >= 4 is 12.4 Å². The van der Waals surface area contributed by atoms with Crippen molar-refractivity contribution < 1.29 is 27.3 Å². The first kappa shape index (κ1) is 25.7. The molecule has 0 fully saturated rings. The molecule has 2 N–H and O–H groups in total. The molecular weight excluding hydrogens is 316 g/mol. The van der Waals surface area contributed by atoms with Crippen LogP contribution in [0.3, 0.4) is 0 Å². The second-order valence-corrected chi connectivity index (χ2v) is 4.88. The SMILES string of the molecule is CCN=CC(O)(CC)CC.CCN=CC(O)(CC)CC.[Cu]. The Morgan fingerprint density at radius 2 is 0.905 bits per heavy atom. The van der Waals surface area contributed by atoms with E-state index in [1.165, 1.54) is 0 Å². The van der Waals surface area contributed by atoms with E-state index in [-0.39, 0.29) is 17.1 Å². The van der Waals surface area contributed by atoms with Gasteiger partial charge in [0.1, 0.15) is 0 Å². The molecule has 0 aliphatic heterocycles. The minimum atomic E-state index is -0.657. The molecule has 0 heterocycles. The summed E-state index contributed by atoms with van der Waals surface area (Å²) in [6.07, 6.45) is 6.29. The van der Waals surface area contributed by atoms with Crippen molar-refractivity contribution in [2.45, 2.75) is 78.4 Å². The van der Waals surface area contributed by atoms with Crippen molar-refractivity contribution in [3.05, 3.63) is 0 Å². The molecule has 0 rings (SSSR count). The summed E-state index contributed by atoms with van der Waals surface area (Å²) in [4.78, 5) is 8.02. The minimum absolute atomic E-state index is 0. The Labute approximate surface area is 141 Å². The van der Waals surface area contributed by atoms with Crippen LogP contribution in [0.15, 0.2) is 9.98 Å². The standard InChI is InChI=1S/2C8H17NO.Cu/c2*1-4-8(10,5-2)7-9-6-3;/h2*7,10H,4-6H2,1-3H3;. The second kappa shape index (κ2) is 14.7. The number of hydrogen-bond acceptors (Lipinski definition) is 4. The van der Waals surface area contributed by atoms with Gasteiger partial charge in [0.25, 0.3) is 0 Å². The maximum Gasteiger partial charge on any atom is 0.0987 e. The molecular formula is C16H34CuN2O2. The summed E-state index contributed by atoms with van der Waals surface area (Å²) < 4.78 is 0. The molecule has 0 spiro atoms. The van der Waals surface area contributed by atoms with Crippen molar-refractivity contribution in [3.63, 3.8) is 0 Å². The van der Waals surface area contributed by atoms with Crippen LogP contribution in [0.1, 0.15) is 67.2 Å². The average Bonchev–Trinajstić information content (AvgIpc) is 2.50.